The quantitative estimate of drug-likeness (QED) is 0.225. The normalized spacial score (nSPS) is 11.1. The van der Waals surface area contributed by atoms with Gasteiger partial charge in [0.1, 0.15) is 5.56 Å². The number of nitro benzene ring substituents is 1. The Morgan fingerprint density at radius 1 is 1.61 bits per heavy atom. The van der Waals surface area contributed by atoms with Crippen molar-refractivity contribution in [2.45, 2.75) is 6.92 Å². The molecule has 1 aromatic carbocycles. The van der Waals surface area contributed by atoms with Crippen LogP contribution in [-0.4, -0.2) is 28.5 Å². The number of nitrogens with two attached hydrogens (primary N) is 1. The highest BCUT2D eigenvalue weighted by Gasteiger charge is 2.22. The van der Waals surface area contributed by atoms with E-state index >= 15 is 0 Å². The summed E-state index contributed by atoms with van der Waals surface area (Å²) in [6.07, 6.45) is 0.227. The fraction of sp³-hybridized carbons (Fsp3) is 0.200. The average Bonchev–Trinajstić information content (AvgIpc) is 2.31. The van der Waals surface area contributed by atoms with E-state index in [2.05, 4.69) is 4.74 Å². The Labute approximate surface area is 108 Å². The van der Waals surface area contributed by atoms with Gasteiger partial charge in [-0.1, -0.05) is 17.7 Å². The van der Waals surface area contributed by atoms with Gasteiger partial charge < -0.3 is 4.74 Å². The number of hydrogen-bond donors (Lipinski definition) is 1. The Balaban J connectivity index is 3.21. The average molecular weight is 273 g/mol. The molecule has 8 heteroatoms. The number of ether oxygens (including phenoxy) is 1. The van der Waals surface area contributed by atoms with Crippen LogP contribution in [0.3, 0.4) is 0 Å². The molecule has 0 bridgehead atoms. The number of benzene rings is 1. The van der Waals surface area contributed by atoms with Crippen molar-refractivity contribution in [2.24, 2.45) is 5.84 Å². The predicted molar refractivity (Wildman–Crippen MR) is 64.7 cm³/mol. The lowest BCUT2D eigenvalue weighted by Gasteiger charge is -1.98. The second-order valence-corrected chi connectivity index (χ2v) is 3.57. The topological polar surface area (TPSA) is 98.5 Å². The van der Waals surface area contributed by atoms with Crippen molar-refractivity contribution in [1.82, 2.24) is 0 Å². The van der Waals surface area contributed by atoms with E-state index in [1.54, 1.807) is 6.92 Å². The summed E-state index contributed by atoms with van der Waals surface area (Å²) in [4.78, 5) is 21.5. The zero-order valence-electron chi connectivity index (χ0n) is 9.50. The maximum absolute atomic E-state index is 11.3. The number of amides is 1. The molecule has 0 atom stereocenters. The first-order valence-electron chi connectivity index (χ1n) is 4.95. The molecule has 0 aliphatic carbocycles. The first-order valence-corrected chi connectivity index (χ1v) is 5.33. The van der Waals surface area contributed by atoms with E-state index in [1.165, 1.54) is 18.2 Å². The van der Waals surface area contributed by atoms with Gasteiger partial charge in [-0.3, -0.25) is 10.1 Å². The number of carbonyl (C=O) groups excluding carboxylic acids is 1. The van der Waals surface area contributed by atoms with E-state index < -0.39 is 11.0 Å². The van der Waals surface area contributed by atoms with Crippen LogP contribution in [0.1, 0.15) is 12.5 Å². The summed E-state index contributed by atoms with van der Waals surface area (Å²) in [5.41, 5.74) is -0.207. The molecule has 0 aromatic heterocycles. The molecule has 1 aromatic rings. The van der Waals surface area contributed by atoms with E-state index in [9.17, 15) is 14.9 Å². The minimum Gasteiger partial charge on any atom is -0.410 e. The molecule has 0 unspecified atom stereocenters. The first kappa shape index (κ1) is 13.9. The van der Waals surface area contributed by atoms with Gasteiger partial charge >= 0.3 is 6.09 Å². The summed E-state index contributed by atoms with van der Waals surface area (Å²) in [5, 5.41) is 10.9. The fourth-order valence-electron chi connectivity index (χ4n) is 1.20. The van der Waals surface area contributed by atoms with Crippen LogP contribution < -0.4 is 5.84 Å². The van der Waals surface area contributed by atoms with Crippen LogP contribution in [0.4, 0.5) is 10.5 Å². The van der Waals surface area contributed by atoms with Crippen LogP contribution in [0.25, 0.3) is 0 Å². The van der Waals surface area contributed by atoms with E-state index in [0.717, 1.165) is 6.21 Å². The first-order chi connectivity index (χ1) is 8.47. The third-order valence-electron chi connectivity index (χ3n) is 1.97. The van der Waals surface area contributed by atoms with Crippen LogP contribution in [0.2, 0.25) is 5.02 Å². The molecule has 1 amide bonds. The molecule has 0 heterocycles. The molecule has 96 valence electrons. The SMILES string of the molecule is CCOC(=O)/[N+](N)=C/c1c(Cl)cccc1[N+](=O)[O-]. The lowest BCUT2D eigenvalue weighted by Crippen LogP contribution is -2.29. The van der Waals surface area contributed by atoms with Crippen molar-refractivity contribution in [3.63, 3.8) is 0 Å². The number of rotatable bonds is 3. The number of hydrogen-bond acceptors (Lipinski definition) is 5. The summed E-state index contributed by atoms with van der Waals surface area (Å²) in [6.45, 7) is 1.76. The third kappa shape index (κ3) is 3.17. The Bertz CT molecular complexity index is 516. The smallest absolute Gasteiger partial charge is 0.410 e. The Hall–Kier alpha value is -2.15. The number of nitro groups is 1. The zero-order chi connectivity index (χ0) is 13.7. The number of hydrazone groups is 1. The number of carbonyl (C=O) groups is 1. The molecule has 1 rings (SSSR count). The Kier molecular flexibility index (Phi) is 4.61. The lowest BCUT2D eigenvalue weighted by atomic mass is 10.2. The summed E-state index contributed by atoms with van der Waals surface area (Å²) in [7, 11) is 0. The molecule has 0 aliphatic rings. The molecular weight excluding hydrogens is 262 g/mol. The summed E-state index contributed by atoms with van der Waals surface area (Å²) in [6, 6.07) is 4.15. The molecule has 2 N–H and O–H groups in total. The van der Waals surface area contributed by atoms with E-state index in [1.807, 2.05) is 0 Å². The van der Waals surface area contributed by atoms with Gasteiger partial charge in [0.25, 0.3) is 5.69 Å². The Morgan fingerprint density at radius 3 is 2.83 bits per heavy atom. The van der Waals surface area contributed by atoms with Crippen LogP contribution in [-0.2, 0) is 4.74 Å². The largest absolute Gasteiger partial charge is 0.625 e. The summed E-state index contributed by atoms with van der Waals surface area (Å²) >= 11 is 5.83. The van der Waals surface area contributed by atoms with Gasteiger partial charge in [0, 0.05) is 6.07 Å². The second kappa shape index (κ2) is 5.97. The summed E-state index contributed by atoms with van der Waals surface area (Å²) < 4.78 is 5.24. The number of hydrazine groups is 1. The van der Waals surface area contributed by atoms with Crippen molar-refractivity contribution in [2.75, 3.05) is 6.61 Å². The van der Waals surface area contributed by atoms with Gasteiger partial charge in [0.15, 0.2) is 0 Å². The van der Waals surface area contributed by atoms with E-state index in [0.29, 0.717) is 4.68 Å². The second-order valence-electron chi connectivity index (χ2n) is 3.17. The highest BCUT2D eigenvalue weighted by Crippen LogP contribution is 2.24. The van der Waals surface area contributed by atoms with Gasteiger partial charge in [0.05, 0.1) is 16.6 Å². The van der Waals surface area contributed by atoms with Crippen LogP contribution in [0.5, 0.6) is 0 Å². The number of halogens is 1. The molecule has 0 saturated carbocycles. The minimum absolute atomic E-state index is 0.0414. The van der Waals surface area contributed by atoms with Gasteiger partial charge in [-0.2, -0.15) is 10.6 Å². The van der Waals surface area contributed by atoms with E-state index in [-0.39, 0.29) is 22.9 Å². The van der Waals surface area contributed by atoms with Gasteiger partial charge in [-0.15, -0.1) is 0 Å². The maximum atomic E-state index is 11.3. The van der Waals surface area contributed by atoms with Gasteiger partial charge in [-0.05, 0) is 17.7 Å². The predicted octanol–water partition coefficient (Wildman–Crippen LogP) is 1.71. The minimum atomic E-state index is -0.827. The fourth-order valence-corrected chi connectivity index (χ4v) is 1.42. The maximum Gasteiger partial charge on any atom is 0.625 e. The molecule has 0 aliphatic heterocycles. The molecule has 18 heavy (non-hydrogen) atoms. The Morgan fingerprint density at radius 2 is 2.28 bits per heavy atom. The molecule has 0 fully saturated rings. The van der Waals surface area contributed by atoms with Crippen molar-refractivity contribution in [3.05, 3.63) is 38.9 Å². The standard InChI is InChI=1S/C10H11ClN3O4/c1-2-18-10(15)13(12)6-7-8(11)4-3-5-9(7)14(16)17/h3-6H,2,12H2,1H3/q+1/b13-6-. The molecule has 0 spiro atoms. The number of nitrogens with zero attached hydrogens (tertiary/aromatic N) is 2. The molecular formula is C10H11ClN3O4+. The molecule has 0 saturated heterocycles. The zero-order valence-corrected chi connectivity index (χ0v) is 10.3. The van der Waals surface area contributed by atoms with Crippen LogP contribution in [0, 0.1) is 10.1 Å². The third-order valence-corrected chi connectivity index (χ3v) is 2.30. The molecule has 0 radical (unpaired) electrons. The highest BCUT2D eigenvalue weighted by atomic mass is 35.5. The van der Waals surface area contributed by atoms with Crippen molar-refractivity contribution < 1.29 is 19.1 Å². The van der Waals surface area contributed by atoms with Crippen LogP contribution >= 0.6 is 11.6 Å². The molecule has 7 nitrogen and oxygen atoms in total. The van der Waals surface area contributed by atoms with Crippen LogP contribution in [0.15, 0.2) is 18.2 Å². The highest BCUT2D eigenvalue weighted by molar-refractivity contribution is 6.33. The van der Waals surface area contributed by atoms with E-state index in [4.69, 9.17) is 17.4 Å². The van der Waals surface area contributed by atoms with Crippen molar-refractivity contribution in [3.8, 4) is 0 Å². The summed E-state index contributed by atoms with van der Waals surface area (Å²) in [5.74, 6) is 5.40. The van der Waals surface area contributed by atoms with Crippen molar-refractivity contribution in [1.29, 1.82) is 0 Å². The monoisotopic (exact) mass is 272 g/mol. The van der Waals surface area contributed by atoms with Gasteiger partial charge in [-0.25, -0.2) is 0 Å². The van der Waals surface area contributed by atoms with Crippen molar-refractivity contribution >= 4 is 29.6 Å². The van der Waals surface area contributed by atoms with Gasteiger partial charge in [0.2, 0.25) is 6.21 Å². The lowest BCUT2D eigenvalue weighted by molar-refractivity contribution is -0.453.